The van der Waals surface area contributed by atoms with Gasteiger partial charge in [-0.2, -0.15) is 5.10 Å². The molecule has 0 aliphatic heterocycles. The minimum Gasteiger partial charge on any atom is -0.461 e. The predicted octanol–water partition coefficient (Wildman–Crippen LogP) is 1.44. The van der Waals surface area contributed by atoms with Gasteiger partial charge in [-0.25, -0.2) is 4.79 Å². The van der Waals surface area contributed by atoms with Gasteiger partial charge < -0.3 is 10.5 Å². The van der Waals surface area contributed by atoms with E-state index in [9.17, 15) is 4.79 Å². The summed E-state index contributed by atoms with van der Waals surface area (Å²) in [6, 6.07) is 0. The van der Waals surface area contributed by atoms with Crippen LogP contribution in [0.4, 0.5) is 5.69 Å². The van der Waals surface area contributed by atoms with Gasteiger partial charge in [0, 0.05) is 12.7 Å². The Morgan fingerprint density at radius 1 is 1.69 bits per heavy atom. The van der Waals surface area contributed by atoms with Crippen LogP contribution in [0.2, 0.25) is 0 Å². The molecular weight excluding hydrogens is 206 g/mol. The van der Waals surface area contributed by atoms with Gasteiger partial charge in [0.2, 0.25) is 0 Å². The zero-order chi connectivity index (χ0) is 11.5. The molecule has 5 heteroatoms. The van der Waals surface area contributed by atoms with Crippen LogP contribution in [0.3, 0.4) is 0 Å². The van der Waals surface area contributed by atoms with Crippen LogP contribution in [0.25, 0.3) is 0 Å². The molecule has 0 saturated heterocycles. The molecule has 5 nitrogen and oxygen atoms in total. The van der Waals surface area contributed by atoms with Crippen LogP contribution in [0.15, 0.2) is 6.20 Å². The first-order chi connectivity index (χ1) is 7.70. The molecule has 0 atom stereocenters. The molecule has 1 heterocycles. The number of rotatable bonds is 4. The highest BCUT2D eigenvalue weighted by Gasteiger charge is 2.21. The lowest BCUT2D eigenvalue weighted by atomic mass is 9.85. The average molecular weight is 223 g/mol. The largest absolute Gasteiger partial charge is 0.461 e. The van der Waals surface area contributed by atoms with E-state index in [-0.39, 0.29) is 5.69 Å². The summed E-state index contributed by atoms with van der Waals surface area (Å²) in [5.74, 6) is 0.252. The van der Waals surface area contributed by atoms with Crippen LogP contribution >= 0.6 is 0 Å². The number of nitrogens with zero attached hydrogens (tertiary/aromatic N) is 2. The monoisotopic (exact) mass is 223 g/mol. The first-order valence-corrected chi connectivity index (χ1v) is 5.70. The predicted molar refractivity (Wildman–Crippen MR) is 59.9 cm³/mol. The smallest absolute Gasteiger partial charge is 0.361 e. The van der Waals surface area contributed by atoms with Crippen molar-refractivity contribution in [1.82, 2.24) is 9.78 Å². The SMILES string of the molecule is CCOC(=O)c1nn(CC2CCC2)cc1N. The Labute approximate surface area is 94.6 Å². The maximum Gasteiger partial charge on any atom is 0.361 e. The normalized spacial score (nSPS) is 15.8. The molecule has 0 aromatic carbocycles. The van der Waals surface area contributed by atoms with Gasteiger partial charge >= 0.3 is 5.97 Å². The van der Waals surface area contributed by atoms with Crippen LogP contribution in [0.5, 0.6) is 0 Å². The second kappa shape index (κ2) is 4.55. The molecule has 0 spiro atoms. The number of anilines is 1. The zero-order valence-corrected chi connectivity index (χ0v) is 9.48. The van der Waals surface area contributed by atoms with E-state index in [1.54, 1.807) is 17.8 Å². The van der Waals surface area contributed by atoms with E-state index in [1.807, 2.05) is 0 Å². The van der Waals surface area contributed by atoms with Crippen molar-refractivity contribution >= 4 is 11.7 Å². The fraction of sp³-hybridized carbons (Fsp3) is 0.636. The Balaban J connectivity index is 2.05. The van der Waals surface area contributed by atoms with Crippen molar-refractivity contribution in [2.75, 3.05) is 12.3 Å². The summed E-state index contributed by atoms with van der Waals surface area (Å²) in [4.78, 5) is 11.5. The molecule has 1 aliphatic rings. The molecule has 88 valence electrons. The van der Waals surface area contributed by atoms with E-state index in [1.165, 1.54) is 19.3 Å². The van der Waals surface area contributed by atoms with Gasteiger partial charge in [0.25, 0.3) is 0 Å². The van der Waals surface area contributed by atoms with Gasteiger partial charge in [0.05, 0.1) is 12.3 Å². The van der Waals surface area contributed by atoms with Crippen LogP contribution < -0.4 is 5.73 Å². The van der Waals surface area contributed by atoms with E-state index in [0.717, 1.165) is 6.54 Å². The van der Waals surface area contributed by atoms with Crippen molar-refractivity contribution in [3.05, 3.63) is 11.9 Å². The Kier molecular flexibility index (Phi) is 3.12. The molecule has 1 aliphatic carbocycles. The molecule has 1 fully saturated rings. The van der Waals surface area contributed by atoms with Crippen molar-refractivity contribution < 1.29 is 9.53 Å². The molecule has 16 heavy (non-hydrogen) atoms. The zero-order valence-electron chi connectivity index (χ0n) is 9.48. The highest BCUT2D eigenvalue weighted by atomic mass is 16.5. The summed E-state index contributed by atoms with van der Waals surface area (Å²) in [6.45, 7) is 2.96. The van der Waals surface area contributed by atoms with Crippen molar-refractivity contribution in [1.29, 1.82) is 0 Å². The molecular formula is C11H17N3O2. The second-order valence-corrected chi connectivity index (χ2v) is 4.17. The van der Waals surface area contributed by atoms with E-state index >= 15 is 0 Å². The summed E-state index contributed by atoms with van der Waals surface area (Å²) in [7, 11) is 0. The number of aromatic nitrogens is 2. The van der Waals surface area contributed by atoms with Gasteiger partial charge in [-0.1, -0.05) is 6.42 Å². The fourth-order valence-electron chi connectivity index (χ4n) is 1.83. The minimum absolute atomic E-state index is 0.237. The Morgan fingerprint density at radius 3 is 3.00 bits per heavy atom. The summed E-state index contributed by atoms with van der Waals surface area (Å²) >= 11 is 0. The number of nitrogen functional groups attached to an aromatic ring is 1. The number of carbonyl (C=O) groups excluding carboxylic acids is 1. The fourth-order valence-corrected chi connectivity index (χ4v) is 1.83. The Morgan fingerprint density at radius 2 is 2.44 bits per heavy atom. The summed E-state index contributed by atoms with van der Waals surface area (Å²) in [6.07, 6.45) is 5.50. The standard InChI is InChI=1S/C11H17N3O2/c1-2-16-11(15)10-9(12)7-14(13-10)6-8-4-3-5-8/h7-8H,2-6,12H2,1H3. The van der Waals surface area contributed by atoms with Crippen LogP contribution in [0, 0.1) is 5.92 Å². The average Bonchev–Trinajstić information content (AvgIpc) is 2.54. The molecule has 0 unspecified atom stereocenters. The molecule has 2 rings (SSSR count). The molecule has 0 bridgehead atoms. The third-order valence-electron chi connectivity index (χ3n) is 2.93. The highest BCUT2D eigenvalue weighted by molar-refractivity contribution is 5.92. The van der Waals surface area contributed by atoms with Gasteiger partial charge in [0.1, 0.15) is 0 Å². The molecule has 1 aromatic heterocycles. The van der Waals surface area contributed by atoms with Crippen LogP contribution in [-0.4, -0.2) is 22.4 Å². The lowest BCUT2D eigenvalue weighted by Crippen LogP contribution is -2.18. The highest BCUT2D eigenvalue weighted by Crippen LogP contribution is 2.28. The number of carbonyl (C=O) groups is 1. The van der Waals surface area contributed by atoms with E-state index in [0.29, 0.717) is 18.2 Å². The number of esters is 1. The lowest BCUT2D eigenvalue weighted by Gasteiger charge is -2.24. The first-order valence-electron chi connectivity index (χ1n) is 5.70. The lowest BCUT2D eigenvalue weighted by molar-refractivity contribution is 0.0519. The quantitative estimate of drug-likeness (QED) is 0.784. The summed E-state index contributed by atoms with van der Waals surface area (Å²) in [5, 5.41) is 4.17. The summed E-state index contributed by atoms with van der Waals surface area (Å²) in [5.41, 5.74) is 6.36. The molecule has 1 aromatic rings. The molecule has 2 N–H and O–H groups in total. The van der Waals surface area contributed by atoms with Crippen molar-refractivity contribution in [3.63, 3.8) is 0 Å². The Bertz CT molecular complexity index is 383. The third kappa shape index (κ3) is 2.18. The second-order valence-electron chi connectivity index (χ2n) is 4.17. The molecule has 1 saturated carbocycles. The van der Waals surface area contributed by atoms with E-state index in [2.05, 4.69) is 5.10 Å². The van der Waals surface area contributed by atoms with Gasteiger partial charge in [0.15, 0.2) is 5.69 Å². The maximum atomic E-state index is 11.5. The van der Waals surface area contributed by atoms with Crippen molar-refractivity contribution in [3.8, 4) is 0 Å². The van der Waals surface area contributed by atoms with Gasteiger partial charge in [-0.15, -0.1) is 0 Å². The molecule has 0 radical (unpaired) electrons. The van der Waals surface area contributed by atoms with Crippen LogP contribution in [0.1, 0.15) is 36.7 Å². The number of hydrogen-bond acceptors (Lipinski definition) is 4. The third-order valence-corrected chi connectivity index (χ3v) is 2.93. The maximum absolute atomic E-state index is 11.5. The van der Waals surface area contributed by atoms with Gasteiger partial charge in [-0.3, -0.25) is 4.68 Å². The number of nitrogens with two attached hydrogens (primary N) is 1. The number of hydrogen-bond donors (Lipinski definition) is 1. The van der Waals surface area contributed by atoms with Crippen molar-refractivity contribution in [2.24, 2.45) is 5.92 Å². The number of ether oxygens (including phenoxy) is 1. The van der Waals surface area contributed by atoms with E-state index < -0.39 is 5.97 Å². The van der Waals surface area contributed by atoms with Crippen molar-refractivity contribution in [2.45, 2.75) is 32.7 Å². The first kappa shape index (κ1) is 11.0. The van der Waals surface area contributed by atoms with Crippen LogP contribution in [-0.2, 0) is 11.3 Å². The minimum atomic E-state index is -0.438. The topological polar surface area (TPSA) is 70.1 Å². The molecule has 0 amide bonds. The Hall–Kier alpha value is -1.52. The summed E-state index contributed by atoms with van der Waals surface area (Å²) < 4.78 is 6.63. The van der Waals surface area contributed by atoms with Gasteiger partial charge in [-0.05, 0) is 25.7 Å². The van der Waals surface area contributed by atoms with E-state index in [4.69, 9.17) is 10.5 Å².